The van der Waals surface area contributed by atoms with Crippen LogP contribution >= 0.6 is 0 Å². The Morgan fingerprint density at radius 1 is 1.21 bits per heavy atom. The van der Waals surface area contributed by atoms with Crippen molar-refractivity contribution >= 4 is 17.0 Å². The lowest BCUT2D eigenvalue weighted by molar-refractivity contribution is 0.00156. The van der Waals surface area contributed by atoms with E-state index in [1.807, 2.05) is 6.33 Å². The molecule has 2 aliphatic heterocycles. The van der Waals surface area contributed by atoms with Crippen LogP contribution in [0.25, 0.3) is 11.2 Å². The molecule has 0 N–H and O–H groups in total. The van der Waals surface area contributed by atoms with E-state index in [0.29, 0.717) is 11.5 Å². The largest absolute Gasteiger partial charge is 0.381 e. The van der Waals surface area contributed by atoms with Crippen LogP contribution in [0.3, 0.4) is 0 Å². The monoisotopic (exact) mass is 327 g/mol. The Bertz CT molecular complexity index is 751. The normalized spacial score (nSPS) is 28.8. The van der Waals surface area contributed by atoms with Gasteiger partial charge in [-0.3, -0.25) is 0 Å². The van der Waals surface area contributed by atoms with Crippen molar-refractivity contribution in [3.8, 4) is 0 Å². The summed E-state index contributed by atoms with van der Waals surface area (Å²) in [4.78, 5) is 16.4. The van der Waals surface area contributed by atoms with E-state index in [0.717, 1.165) is 49.2 Å². The molecule has 128 valence electrons. The van der Waals surface area contributed by atoms with Crippen molar-refractivity contribution in [1.29, 1.82) is 0 Å². The van der Waals surface area contributed by atoms with Gasteiger partial charge in [0.25, 0.3) is 0 Å². The minimum absolute atomic E-state index is 0.421. The second-order valence-corrected chi connectivity index (χ2v) is 7.61. The van der Waals surface area contributed by atoms with Gasteiger partial charge in [-0.15, -0.1) is 0 Å². The highest BCUT2D eigenvalue weighted by Crippen LogP contribution is 2.54. The number of nitrogens with zero attached hydrogens (tertiary/aromatic N) is 5. The third kappa shape index (κ3) is 1.95. The fourth-order valence-electron chi connectivity index (χ4n) is 5.45. The number of aromatic nitrogens is 4. The molecule has 6 heteroatoms. The van der Waals surface area contributed by atoms with E-state index in [9.17, 15) is 0 Å². The second kappa shape index (κ2) is 5.41. The average molecular weight is 327 g/mol. The molecule has 3 aliphatic rings. The highest BCUT2D eigenvalue weighted by molar-refractivity contribution is 5.83. The van der Waals surface area contributed by atoms with E-state index < -0.39 is 0 Å². The summed E-state index contributed by atoms with van der Waals surface area (Å²) in [5.74, 6) is 1.84. The maximum absolute atomic E-state index is 5.67. The zero-order valence-corrected chi connectivity index (χ0v) is 14.3. The van der Waals surface area contributed by atoms with Gasteiger partial charge in [-0.05, 0) is 43.9 Å². The van der Waals surface area contributed by atoms with Crippen molar-refractivity contribution in [3.05, 3.63) is 12.7 Å². The molecular formula is C18H25N5O. The molecule has 1 aliphatic carbocycles. The van der Waals surface area contributed by atoms with Gasteiger partial charge < -0.3 is 14.2 Å². The summed E-state index contributed by atoms with van der Waals surface area (Å²) in [6, 6.07) is 0.618. The predicted molar refractivity (Wildman–Crippen MR) is 92.0 cm³/mol. The molecule has 1 saturated carbocycles. The highest BCUT2D eigenvalue weighted by atomic mass is 16.5. The van der Waals surface area contributed by atoms with Crippen LogP contribution in [0.4, 0.5) is 5.82 Å². The van der Waals surface area contributed by atoms with Crippen LogP contribution in [-0.4, -0.2) is 45.3 Å². The van der Waals surface area contributed by atoms with Gasteiger partial charge in [0, 0.05) is 32.3 Å². The third-order valence-corrected chi connectivity index (χ3v) is 6.63. The van der Waals surface area contributed by atoms with Crippen molar-refractivity contribution in [3.63, 3.8) is 0 Å². The Morgan fingerprint density at radius 2 is 2.08 bits per heavy atom. The lowest BCUT2D eigenvalue weighted by Crippen LogP contribution is -2.36. The summed E-state index contributed by atoms with van der Waals surface area (Å²) in [7, 11) is 0. The number of imidazole rings is 1. The van der Waals surface area contributed by atoms with Crippen LogP contribution in [0.15, 0.2) is 12.7 Å². The van der Waals surface area contributed by atoms with Gasteiger partial charge in [-0.25, -0.2) is 15.0 Å². The average Bonchev–Trinajstić information content (AvgIpc) is 3.32. The molecule has 24 heavy (non-hydrogen) atoms. The molecule has 1 spiro atoms. The first-order valence-corrected chi connectivity index (χ1v) is 9.33. The van der Waals surface area contributed by atoms with Gasteiger partial charge in [0.15, 0.2) is 17.0 Å². The molecule has 0 bridgehead atoms. The van der Waals surface area contributed by atoms with E-state index in [-0.39, 0.29) is 0 Å². The van der Waals surface area contributed by atoms with E-state index >= 15 is 0 Å². The number of fused-ring (bicyclic) bond motifs is 3. The zero-order valence-electron chi connectivity index (χ0n) is 14.3. The first-order valence-electron chi connectivity index (χ1n) is 9.33. The Kier molecular flexibility index (Phi) is 3.30. The van der Waals surface area contributed by atoms with E-state index in [4.69, 9.17) is 4.74 Å². The Morgan fingerprint density at radius 3 is 2.92 bits per heavy atom. The van der Waals surface area contributed by atoms with Crippen LogP contribution < -0.4 is 4.90 Å². The van der Waals surface area contributed by atoms with Crippen molar-refractivity contribution < 1.29 is 4.74 Å². The first kappa shape index (κ1) is 14.6. The molecule has 2 aromatic heterocycles. The number of anilines is 1. The Hall–Kier alpha value is -1.69. The molecule has 2 atom stereocenters. The van der Waals surface area contributed by atoms with Crippen LogP contribution in [0.5, 0.6) is 0 Å². The fraction of sp³-hybridized carbons (Fsp3) is 0.722. The van der Waals surface area contributed by atoms with Crippen molar-refractivity contribution in [2.45, 2.75) is 51.6 Å². The van der Waals surface area contributed by atoms with Gasteiger partial charge >= 0.3 is 0 Å². The number of rotatable bonds is 2. The topological polar surface area (TPSA) is 56.1 Å². The number of ether oxygens (including phenoxy) is 1. The van der Waals surface area contributed by atoms with Crippen molar-refractivity contribution in [2.75, 3.05) is 24.7 Å². The summed E-state index contributed by atoms with van der Waals surface area (Å²) in [6.45, 7) is 5.96. The van der Waals surface area contributed by atoms with Crippen LogP contribution in [0.2, 0.25) is 0 Å². The molecule has 0 amide bonds. The lowest BCUT2D eigenvalue weighted by Gasteiger charge is -2.37. The van der Waals surface area contributed by atoms with Gasteiger partial charge in [0.1, 0.15) is 6.33 Å². The Labute approximate surface area is 142 Å². The van der Waals surface area contributed by atoms with Crippen molar-refractivity contribution in [2.24, 2.45) is 11.3 Å². The van der Waals surface area contributed by atoms with Gasteiger partial charge in [-0.2, -0.15) is 0 Å². The summed E-state index contributed by atoms with van der Waals surface area (Å²) in [5.41, 5.74) is 2.35. The van der Waals surface area contributed by atoms with Gasteiger partial charge in [-0.1, -0.05) is 6.42 Å². The van der Waals surface area contributed by atoms with Gasteiger partial charge in [0.2, 0.25) is 0 Å². The van der Waals surface area contributed by atoms with Gasteiger partial charge in [0.05, 0.1) is 6.33 Å². The molecule has 4 heterocycles. The number of hydrogen-bond donors (Lipinski definition) is 0. The summed E-state index contributed by atoms with van der Waals surface area (Å²) >= 11 is 0. The minimum Gasteiger partial charge on any atom is -0.381 e. The van der Waals surface area contributed by atoms with E-state index in [1.165, 1.54) is 32.1 Å². The summed E-state index contributed by atoms with van der Waals surface area (Å²) in [5, 5.41) is 0. The standard InChI is InChI=1S/C18H25N5O/c1-2-22-12-21-15-16(22)19-11-20-17(15)23-10-18(6-8-24-9-7-18)13-4-3-5-14(13)23/h11-14H,2-10H2,1H3/t13-,14+/m1/s1. The smallest absolute Gasteiger partial charge is 0.165 e. The van der Waals surface area contributed by atoms with E-state index in [1.54, 1.807) is 6.33 Å². The molecule has 5 rings (SSSR count). The highest BCUT2D eigenvalue weighted by Gasteiger charge is 2.54. The molecule has 0 unspecified atom stereocenters. The molecule has 0 radical (unpaired) electrons. The molecule has 2 aromatic rings. The molecule has 2 saturated heterocycles. The molecule has 3 fully saturated rings. The zero-order chi connectivity index (χ0) is 16.1. The molecule has 0 aromatic carbocycles. The lowest BCUT2D eigenvalue weighted by atomic mass is 9.71. The molecular weight excluding hydrogens is 302 g/mol. The van der Waals surface area contributed by atoms with E-state index in [2.05, 4.69) is 31.3 Å². The second-order valence-electron chi connectivity index (χ2n) is 7.61. The maximum atomic E-state index is 5.67. The third-order valence-electron chi connectivity index (χ3n) is 6.63. The first-order chi connectivity index (χ1) is 11.8. The van der Waals surface area contributed by atoms with Crippen LogP contribution in [-0.2, 0) is 11.3 Å². The van der Waals surface area contributed by atoms with Crippen LogP contribution in [0, 0.1) is 11.3 Å². The summed E-state index contributed by atoms with van der Waals surface area (Å²) in [6.07, 6.45) is 9.99. The quantitative estimate of drug-likeness (QED) is 0.849. The van der Waals surface area contributed by atoms with Crippen molar-refractivity contribution in [1.82, 2.24) is 19.5 Å². The number of hydrogen-bond acceptors (Lipinski definition) is 5. The predicted octanol–water partition coefficient (Wildman–Crippen LogP) is 2.63. The Balaban J connectivity index is 1.58. The van der Waals surface area contributed by atoms with Crippen LogP contribution in [0.1, 0.15) is 39.0 Å². The molecule has 6 nitrogen and oxygen atoms in total. The fourth-order valence-corrected chi connectivity index (χ4v) is 5.45. The number of aryl methyl sites for hydroxylation is 1. The SMILES string of the molecule is CCn1cnc2c(N3CC4(CCOCC4)[C@@H]4CCC[C@@H]43)ncnc21. The summed E-state index contributed by atoms with van der Waals surface area (Å²) < 4.78 is 7.78. The maximum Gasteiger partial charge on any atom is 0.165 e. The minimum atomic E-state index is 0.421.